The fourth-order valence-electron chi connectivity index (χ4n) is 7.24. The number of hydrogen-bond donors (Lipinski definition) is 2. The van der Waals surface area contributed by atoms with Gasteiger partial charge in [0.05, 0.1) is 11.1 Å². The second-order valence-corrected chi connectivity index (χ2v) is 12.3. The fraction of sp³-hybridized carbons (Fsp3) is 0.0455. The maximum absolute atomic E-state index is 13.4. The van der Waals surface area contributed by atoms with Crippen molar-refractivity contribution in [3.05, 3.63) is 179 Å². The minimum atomic E-state index is -1.09. The van der Waals surface area contributed by atoms with Crippen LogP contribution in [-0.4, -0.2) is 22.2 Å². The monoisotopic (exact) mass is 622 g/mol. The van der Waals surface area contributed by atoms with Gasteiger partial charge in [-0.25, -0.2) is 9.59 Å². The van der Waals surface area contributed by atoms with Crippen molar-refractivity contribution in [2.75, 3.05) is 0 Å². The minimum Gasteiger partial charge on any atom is -0.478 e. The van der Waals surface area contributed by atoms with Crippen molar-refractivity contribution >= 4 is 55.0 Å². The first-order valence-electron chi connectivity index (χ1n) is 16.0. The number of carboxylic acid groups (broad SMARTS) is 2. The van der Waals surface area contributed by atoms with Gasteiger partial charge in [-0.15, -0.1) is 0 Å². The van der Waals surface area contributed by atoms with Crippen molar-refractivity contribution in [1.82, 2.24) is 0 Å². The number of carboxylic acids is 2. The highest BCUT2D eigenvalue weighted by Crippen LogP contribution is 2.43. The average molecular weight is 623 g/mol. The van der Waals surface area contributed by atoms with E-state index in [9.17, 15) is 19.8 Å². The van der Waals surface area contributed by atoms with Crippen molar-refractivity contribution in [2.45, 2.75) is 12.8 Å². The summed E-state index contributed by atoms with van der Waals surface area (Å²) < 4.78 is 0. The molecule has 0 atom stereocenters. The van der Waals surface area contributed by atoms with Crippen molar-refractivity contribution < 1.29 is 19.8 Å². The van der Waals surface area contributed by atoms with Crippen LogP contribution in [0.4, 0.5) is 0 Å². The second kappa shape index (κ2) is 11.8. The smallest absolute Gasteiger partial charge is 0.336 e. The van der Waals surface area contributed by atoms with E-state index in [-0.39, 0.29) is 11.1 Å². The van der Waals surface area contributed by atoms with E-state index in [2.05, 4.69) is 48.5 Å². The van der Waals surface area contributed by atoms with Gasteiger partial charge in [0, 0.05) is 11.1 Å². The molecule has 8 rings (SSSR count). The molecule has 4 nitrogen and oxygen atoms in total. The lowest BCUT2D eigenvalue weighted by Gasteiger charge is -2.21. The number of rotatable bonds is 7. The van der Waals surface area contributed by atoms with Gasteiger partial charge in [0.15, 0.2) is 0 Å². The van der Waals surface area contributed by atoms with E-state index in [0.717, 1.165) is 43.4 Å². The van der Waals surface area contributed by atoms with Crippen molar-refractivity contribution in [1.29, 1.82) is 0 Å². The van der Waals surface area contributed by atoms with Crippen LogP contribution in [0.1, 0.15) is 43.0 Å². The standard InChI is InChI=1S/C44H30O4/c45-43(46)39-35(23-27-17-19-29-9-1-3-11-31(29)21-27)25-33-13-5-7-15-37(33)41(39)42-38-16-8-6-14-34(38)26-36(40(42)44(47)48)24-28-18-20-30-10-2-4-12-32(30)22-28/h1-22,25-26H,23-24H2,(H,45,46)(H,47,48). The molecule has 4 heteroatoms. The van der Waals surface area contributed by atoms with Gasteiger partial charge in [-0.1, -0.05) is 133 Å². The third kappa shape index (κ3) is 5.14. The predicted octanol–water partition coefficient (Wildman–Crippen LogP) is 10.5. The molecule has 0 heterocycles. The van der Waals surface area contributed by atoms with E-state index in [4.69, 9.17) is 0 Å². The number of carbonyl (C=O) groups is 2. The van der Waals surface area contributed by atoms with Crippen LogP contribution in [0, 0.1) is 0 Å². The molecule has 0 aliphatic rings. The summed E-state index contributed by atoms with van der Waals surface area (Å²) in [6.07, 6.45) is 0.753. The van der Waals surface area contributed by atoms with Crippen LogP contribution >= 0.6 is 0 Å². The second-order valence-electron chi connectivity index (χ2n) is 12.3. The number of hydrogen-bond acceptors (Lipinski definition) is 2. The van der Waals surface area contributed by atoms with E-state index in [0.29, 0.717) is 45.9 Å². The predicted molar refractivity (Wildman–Crippen MR) is 194 cm³/mol. The van der Waals surface area contributed by atoms with E-state index in [1.807, 2.05) is 97.1 Å². The molecule has 0 spiro atoms. The molecule has 0 aliphatic heterocycles. The molecule has 48 heavy (non-hydrogen) atoms. The molecule has 0 amide bonds. The molecule has 230 valence electrons. The summed E-state index contributed by atoms with van der Waals surface area (Å²) in [4.78, 5) is 26.9. The zero-order valence-electron chi connectivity index (χ0n) is 26.0. The van der Waals surface area contributed by atoms with Crippen LogP contribution in [0.25, 0.3) is 54.2 Å². The number of fused-ring (bicyclic) bond motifs is 4. The summed E-state index contributed by atoms with van der Waals surface area (Å²) in [7, 11) is 0. The Labute approximate surface area is 277 Å². The van der Waals surface area contributed by atoms with Gasteiger partial charge in [0.25, 0.3) is 0 Å². The van der Waals surface area contributed by atoms with Crippen LogP contribution in [0.3, 0.4) is 0 Å². The van der Waals surface area contributed by atoms with Crippen molar-refractivity contribution in [3.8, 4) is 11.1 Å². The Morgan fingerprint density at radius 3 is 1.15 bits per heavy atom. The molecule has 8 aromatic rings. The molecule has 0 unspecified atom stereocenters. The fourth-order valence-corrected chi connectivity index (χ4v) is 7.24. The van der Waals surface area contributed by atoms with Gasteiger partial charge >= 0.3 is 11.9 Å². The van der Waals surface area contributed by atoms with Gasteiger partial charge in [-0.2, -0.15) is 0 Å². The Kier molecular flexibility index (Phi) is 7.19. The van der Waals surface area contributed by atoms with E-state index in [1.165, 1.54) is 0 Å². The van der Waals surface area contributed by atoms with Gasteiger partial charge in [-0.3, -0.25) is 0 Å². The lowest BCUT2D eigenvalue weighted by atomic mass is 9.81. The van der Waals surface area contributed by atoms with Crippen molar-refractivity contribution in [3.63, 3.8) is 0 Å². The molecule has 0 aromatic heterocycles. The summed E-state index contributed by atoms with van der Waals surface area (Å²) in [6.45, 7) is 0. The highest BCUT2D eigenvalue weighted by molar-refractivity contribution is 6.18. The summed E-state index contributed by atoms with van der Waals surface area (Å²) in [5, 5.41) is 29.4. The summed E-state index contributed by atoms with van der Waals surface area (Å²) in [5.41, 5.74) is 4.33. The Hall–Kier alpha value is -6.26. The zero-order chi connectivity index (χ0) is 32.8. The Morgan fingerprint density at radius 2 is 0.750 bits per heavy atom. The van der Waals surface area contributed by atoms with Gasteiger partial charge < -0.3 is 10.2 Å². The summed E-state index contributed by atoms with van der Waals surface area (Å²) >= 11 is 0. The molecular weight excluding hydrogens is 592 g/mol. The normalized spacial score (nSPS) is 11.4. The third-order valence-corrected chi connectivity index (χ3v) is 9.36. The lowest BCUT2D eigenvalue weighted by Crippen LogP contribution is -2.12. The maximum Gasteiger partial charge on any atom is 0.336 e. The van der Waals surface area contributed by atoms with Crippen LogP contribution in [0.2, 0.25) is 0 Å². The van der Waals surface area contributed by atoms with Gasteiger partial charge in [0.1, 0.15) is 0 Å². The van der Waals surface area contributed by atoms with Crippen LogP contribution < -0.4 is 0 Å². The van der Waals surface area contributed by atoms with Crippen LogP contribution in [0.5, 0.6) is 0 Å². The maximum atomic E-state index is 13.4. The minimum absolute atomic E-state index is 0.123. The quantitative estimate of drug-likeness (QED) is 0.185. The molecule has 0 bridgehead atoms. The largest absolute Gasteiger partial charge is 0.478 e. The first-order valence-corrected chi connectivity index (χ1v) is 16.0. The van der Waals surface area contributed by atoms with Gasteiger partial charge in [-0.05, 0) is 90.3 Å². The molecule has 0 radical (unpaired) electrons. The van der Waals surface area contributed by atoms with Crippen LogP contribution in [0.15, 0.2) is 146 Å². The first-order chi connectivity index (χ1) is 23.4. The highest BCUT2D eigenvalue weighted by atomic mass is 16.4. The SMILES string of the molecule is O=C(O)c1c(Cc2ccc3ccccc3c2)cc2ccccc2c1-c1c(C(=O)O)c(Cc2ccc3ccccc3c2)cc2ccccc12. The highest BCUT2D eigenvalue weighted by Gasteiger charge is 2.28. The van der Waals surface area contributed by atoms with Gasteiger partial charge in [0.2, 0.25) is 0 Å². The Bertz CT molecular complexity index is 2400. The molecule has 0 saturated heterocycles. The Morgan fingerprint density at radius 1 is 0.396 bits per heavy atom. The average Bonchev–Trinajstić information content (AvgIpc) is 3.10. The topological polar surface area (TPSA) is 74.6 Å². The summed E-state index contributed by atoms with van der Waals surface area (Å²) in [5.74, 6) is -2.18. The Balaban J connectivity index is 1.41. The molecular formula is C44H30O4. The molecule has 0 fully saturated rings. The number of aromatic carboxylic acids is 2. The first kappa shape index (κ1) is 29.2. The third-order valence-electron chi connectivity index (χ3n) is 9.36. The zero-order valence-corrected chi connectivity index (χ0v) is 26.0. The van der Waals surface area contributed by atoms with E-state index in [1.54, 1.807) is 0 Å². The lowest BCUT2D eigenvalue weighted by molar-refractivity contribution is 0.0683. The molecule has 8 aromatic carbocycles. The summed E-state index contributed by atoms with van der Waals surface area (Å²) in [6, 6.07) is 47.8. The number of benzene rings is 8. The molecule has 0 saturated carbocycles. The molecule has 2 N–H and O–H groups in total. The van der Waals surface area contributed by atoms with E-state index < -0.39 is 11.9 Å². The molecule has 0 aliphatic carbocycles. The van der Waals surface area contributed by atoms with Crippen LogP contribution in [-0.2, 0) is 12.8 Å². The van der Waals surface area contributed by atoms with E-state index >= 15 is 0 Å². The van der Waals surface area contributed by atoms with Crippen molar-refractivity contribution in [2.24, 2.45) is 0 Å².